The molecule has 0 amide bonds. The zero-order chi connectivity index (χ0) is 14.5. The summed E-state index contributed by atoms with van der Waals surface area (Å²) in [6, 6.07) is -0.603. The molecule has 0 aromatic carbocycles. The van der Waals surface area contributed by atoms with Crippen molar-refractivity contribution < 1.29 is 28.8 Å². The maximum Gasteiger partial charge on any atom is 0.277 e. The molecular weight excluding hydrogens is 270 g/mol. The molecule has 0 aliphatic carbocycles. The molecule has 20 heavy (non-hydrogen) atoms. The van der Waals surface area contributed by atoms with Gasteiger partial charge in [0.05, 0.1) is 12.6 Å². The molecular formula is C11H17N3O6. The molecule has 0 aromatic rings. The Morgan fingerprint density at radius 3 is 2.55 bits per heavy atom. The van der Waals surface area contributed by atoms with Crippen molar-refractivity contribution in [3.8, 4) is 0 Å². The highest BCUT2D eigenvalue weighted by Gasteiger charge is 2.58. The lowest BCUT2D eigenvalue weighted by atomic mass is 10.0. The second-order valence-corrected chi connectivity index (χ2v) is 5.63. The first-order chi connectivity index (χ1) is 9.31. The van der Waals surface area contributed by atoms with E-state index in [0.717, 1.165) is 0 Å². The Balaban J connectivity index is 1.78. The summed E-state index contributed by atoms with van der Waals surface area (Å²) in [5, 5.41) is 13.4. The molecule has 3 aliphatic rings. The van der Waals surface area contributed by atoms with Crippen molar-refractivity contribution in [1.82, 2.24) is 0 Å². The van der Waals surface area contributed by atoms with Crippen LogP contribution in [0.4, 0.5) is 0 Å². The summed E-state index contributed by atoms with van der Waals surface area (Å²) in [7, 11) is 0. The van der Waals surface area contributed by atoms with Crippen molar-refractivity contribution >= 4 is 0 Å². The predicted octanol–water partition coefficient (Wildman–Crippen LogP) is 0.623. The van der Waals surface area contributed by atoms with Crippen LogP contribution < -0.4 is 0 Å². The zero-order valence-electron chi connectivity index (χ0n) is 11.4. The summed E-state index contributed by atoms with van der Waals surface area (Å²) in [4.78, 5) is 2.83. The van der Waals surface area contributed by atoms with Gasteiger partial charge in [-0.3, -0.25) is 0 Å². The monoisotopic (exact) mass is 287 g/mol. The lowest BCUT2D eigenvalue weighted by molar-refractivity contribution is -0.306. The first-order valence-electron chi connectivity index (χ1n) is 6.41. The van der Waals surface area contributed by atoms with Gasteiger partial charge in [0.1, 0.15) is 18.3 Å². The first kappa shape index (κ1) is 14.0. The van der Waals surface area contributed by atoms with Crippen LogP contribution in [0, 0.1) is 0 Å². The molecule has 3 heterocycles. The van der Waals surface area contributed by atoms with E-state index in [1.165, 1.54) is 6.92 Å². The lowest BCUT2D eigenvalue weighted by Gasteiger charge is -2.26. The quantitative estimate of drug-likeness (QED) is 0.452. The van der Waals surface area contributed by atoms with Crippen LogP contribution in [0.5, 0.6) is 0 Å². The van der Waals surface area contributed by atoms with E-state index in [1.807, 2.05) is 0 Å². The highest BCUT2D eigenvalue weighted by molar-refractivity contribution is 5.01. The van der Waals surface area contributed by atoms with Crippen molar-refractivity contribution in [2.24, 2.45) is 5.11 Å². The van der Waals surface area contributed by atoms with Crippen LogP contribution in [-0.4, -0.2) is 54.1 Å². The number of nitrogens with zero attached hydrogens (tertiary/aromatic N) is 3. The summed E-state index contributed by atoms with van der Waals surface area (Å²) in [5.41, 5.74) is 8.72. The molecule has 3 aliphatic heterocycles. The largest absolute Gasteiger partial charge is 0.344 e. The fourth-order valence-electron chi connectivity index (χ4n) is 2.76. The predicted molar refractivity (Wildman–Crippen MR) is 63.1 cm³/mol. The summed E-state index contributed by atoms with van der Waals surface area (Å²) >= 11 is 0. The Bertz CT molecular complexity index is 449. The Hall–Kier alpha value is -0.930. The van der Waals surface area contributed by atoms with Gasteiger partial charge >= 0.3 is 0 Å². The van der Waals surface area contributed by atoms with Crippen LogP contribution in [0.2, 0.25) is 0 Å². The van der Waals surface area contributed by atoms with Crippen LogP contribution in [0.25, 0.3) is 10.4 Å². The van der Waals surface area contributed by atoms with Crippen LogP contribution in [0.3, 0.4) is 0 Å². The van der Waals surface area contributed by atoms with Crippen molar-refractivity contribution in [1.29, 1.82) is 0 Å². The second-order valence-electron chi connectivity index (χ2n) is 5.63. The van der Waals surface area contributed by atoms with Crippen molar-refractivity contribution in [2.75, 3.05) is 6.61 Å². The first-order valence-corrected chi connectivity index (χ1v) is 6.41. The van der Waals surface area contributed by atoms with E-state index in [9.17, 15) is 5.11 Å². The lowest BCUT2D eigenvalue weighted by Crippen LogP contribution is -2.41. The fraction of sp³-hybridized carbons (Fsp3) is 1.00. The maximum absolute atomic E-state index is 9.66. The number of hydrogen-bond donors (Lipinski definition) is 1. The van der Waals surface area contributed by atoms with Crippen LogP contribution in [-0.2, 0) is 23.7 Å². The Kier molecular flexibility index (Phi) is 3.18. The fourth-order valence-corrected chi connectivity index (χ4v) is 2.76. The average Bonchev–Trinajstić information content (AvgIpc) is 2.91. The minimum absolute atomic E-state index is 0.137. The second kappa shape index (κ2) is 4.54. The molecule has 0 unspecified atom stereocenters. The van der Waals surface area contributed by atoms with Crippen LogP contribution in [0.15, 0.2) is 5.11 Å². The molecule has 9 nitrogen and oxygen atoms in total. The van der Waals surface area contributed by atoms with Gasteiger partial charge in [-0.2, -0.15) is 0 Å². The summed E-state index contributed by atoms with van der Waals surface area (Å²) < 4.78 is 27.5. The van der Waals surface area contributed by atoms with Crippen molar-refractivity contribution in [2.45, 2.75) is 63.2 Å². The smallest absolute Gasteiger partial charge is 0.277 e. The molecule has 112 valence electrons. The normalized spacial score (nSPS) is 49.9. The number of hydrogen-bond acceptors (Lipinski definition) is 7. The zero-order valence-corrected chi connectivity index (χ0v) is 11.4. The Morgan fingerprint density at radius 1 is 1.20 bits per heavy atom. The third kappa shape index (κ3) is 2.38. The standard InChI is InChI=1S/C11H17N3O6/c1-10(2)19-8-6(13-14-12)7(17-9(8)20-10)5-4-16-11(3,15)18-5/h5-9,15H,4H2,1-3H3/t5-,6+,7-,8-,9-,11+/m1/s1. The van der Waals surface area contributed by atoms with Crippen LogP contribution in [0.1, 0.15) is 20.8 Å². The van der Waals surface area contributed by atoms with E-state index in [0.29, 0.717) is 0 Å². The van der Waals surface area contributed by atoms with Gasteiger partial charge in [0.15, 0.2) is 12.1 Å². The topological polar surface area (TPSA) is 115 Å². The number of rotatable bonds is 2. The highest BCUT2D eigenvalue weighted by Crippen LogP contribution is 2.41. The van der Waals surface area contributed by atoms with Gasteiger partial charge in [-0.05, 0) is 19.4 Å². The van der Waals surface area contributed by atoms with E-state index in [4.69, 9.17) is 29.2 Å². The molecule has 0 saturated carbocycles. The molecule has 0 radical (unpaired) electrons. The summed E-state index contributed by atoms with van der Waals surface area (Å²) in [6.45, 7) is 5.05. The van der Waals surface area contributed by atoms with Gasteiger partial charge in [0, 0.05) is 11.8 Å². The number of aliphatic hydroxyl groups is 1. The molecule has 3 rings (SSSR count). The molecule has 3 fully saturated rings. The molecule has 0 bridgehead atoms. The third-order valence-corrected chi connectivity index (χ3v) is 3.49. The summed E-state index contributed by atoms with van der Waals surface area (Å²) in [5.74, 6) is -2.45. The average molecular weight is 287 g/mol. The van der Waals surface area contributed by atoms with E-state index in [2.05, 4.69) is 10.0 Å². The summed E-state index contributed by atoms with van der Waals surface area (Å²) in [6.07, 6.45) is -2.27. The molecule has 9 heteroatoms. The Morgan fingerprint density at radius 2 is 1.95 bits per heavy atom. The molecule has 6 atom stereocenters. The van der Waals surface area contributed by atoms with Gasteiger partial charge in [-0.25, -0.2) is 0 Å². The van der Waals surface area contributed by atoms with Crippen molar-refractivity contribution in [3.63, 3.8) is 0 Å². The molecule has 0 aromatic heterocycles. The van der Waals surface area contributed by atoms with Crippen LogP contribution >= 0.6 is 0 Å². The number of fused-ring (bicyclic) bond motifs is 1. The van der Waals surface area contributed by atoms with Gasteiger partial charge < -0.3 is 28.8 Å². The van der Waals surface area contributed by atoms with Gasteiger partial charge in [-0.15, -0.1) is 0 Å². The van der Waals surface area contributed by atoms with Crippen molar-refractivity contribution in [3.05, 3.63) is 10.4 Å². The molecule has 0 spiro atoms. The Labute approximate surface area is 115 Å². The third-order valence-electron chi connectivity index (χ3n) is 3.49. The minimum Gasteiger partial charge on any atom is -0.344 e. The van der Waals surface area contributed by atoms with E-state index >= 15 is 0 Å². The molecule has 3 saturated heterocycles. The van der Waals surface area contributed by atoms with Gasteiger partial charge in [-0.1, -0.05) is 5.11 Å². The molecule has 1 N–H and O–H groups in total. The van der Waals surface area contributed by atoms with E-state index in [-0.39, 0.29) is 6.61 Å². The SMILES string of the molecule is CC1(C)O[C@H]2O[C@H]([C@H]3CO[C@](C)(O)O3)[C@H](N=[N+]=[N-])[C@H]2O1. The minimum atomic E-state index is -1.66. The number of azide groups is 1. The highest BCUT2D eigenvalue weighted by atomic mass is 16.9. The van der Waals surface area contributed by atoms with Gasteiger partial charge in [0.2, 0.25) is 0 Å². The van der Waals surface area contributed by atoms with E-state index in [1.54, 1.807) is 13.8 Å². The maximum atomic E-state index is 9.66. The van der Waals surface area contributed by atoms with E-state index < -0.39 is 42.4 Å². The number of ether oxygens (including phenoxy) is 5. The van der Waals surface area contributed by atoms with Gasteiger partial charge in [0.25, 0.3) is 5.97 Å².